The number of aliphatic hydroxyl groups excluding tert-OH is 1. The van der Waals surface area contributed by atoms with Gasteiger partial charge in [0, 0.05) is 19.1 Å². The van der Waals surface area contributed by atoms with Crippen LogP contribution in [0.1, 0.15) is 20.3 Å². The van der Waals surface area contributed by atoms with Crippen LogP contribution in [0.3, 0.4) is 0 Å². The quantitative estimate of drug-likeness (QED) is 0.632. The highest BCUT2D eigenvalue weighted by Gasteiger charge is 2.28. The molecule has 0 aromatic carbocycles. The van der Waals surface area contributed by atoms with Crippen LogP contribution in [-0.2, 0) is 0 Å². The normalized spacial score (nSPS) is 34.0. The molecule has 0 spiro atoms. The summed E-state index contributed by atoms with van der Waals surface area (Å²) in [6.45, 7) is 6.67. The van der Waals surface area contributed by atoms with Gasteiger partial charge >= 0.3 is 0 Å². The summed E-state index contributed by atoms with van der Waals surface area (Å²) in [5, 5.41) is 9.22. The zero-order chi connectivity index (χ0) is 9.14. The fourth-order valence-electron chi connectivity index (χ4n) is 1.98. The van der Waals surface area contributed by atoms with Gasteiger partial charge in [0.05, 0.1) is 6.10 Å². The average molecular weight is 172 g/mol. The molecule has 1 saturated heterocycles. The molecule has 1 fully saturated rings. The van der Waals surface area contributed by atoms with Crippen molar-refractivity contribution in [1.82, 2.24) is 4.90 Å². The minimum absolute atomic E-state index is 0.219. The van der Waals surface area contributed by atoms with Crippen molar-refractivity contribution in [2.45, 2.75) is 32.4 Å². The number of nitrogens with zero attached hydrogens (tertiary/aromatic N) is 1. The SMILES string of the molecule is CC1CC(CN)CN1C[C@H](C)O. The van der Waals surface area contributed by atoms with Crippen LogP contribution in [0.25, 0.3) is 0 Å². The molecule has 1 aliphatic heterocycles. The first kappa shape index (κ1) is 9.96. The van der Waals surface area contributed by atoms with Crippen LogP contribution in [0.4, 0.5) is 0 Å². The third-order valence-electron chi connectivity index (χ3n) is 2.62. The Labute approximate surface area is 74.5 Å². The molecule has 0 bridgehead atoms. The largest absolute Gasteiger partial charge is 0.392 e. The molecular formula is C9H20N2O. The Bertz CT molecular complexity index is 138. The zero-order valence-electron chi connectivity index (χ0n) is 8.03. The molecule has 3 atom stereocenters. The van der Waals surface area contributed by atoms with Crippen LogP contribution in [0.15, 0.2) is 0 Å². The molecule has 0 aliphatic carbocycles. The molecule has 0 aromatic heterocycles. The fourth-order valence-corrected chi connectivity index (χ4v) is 1.98. The second-order valence-electron chi connectivity index (χ2n) is 3.99. The highest BCUT2D eigenvalue weighted by Crippen LogP contribution is 2.21. The molecule has 72 valence electrons. The van der Waals surface area contributed by atoms with Crippen molar-refractivity contribution in [1.29, 1.82) is 0 Å². The number of β-amino-alcohol motifs (C(OH)–C–C–N with tert-alkyl or cyclic N) is 1. The molecule has 12 heavy (non-hydrogen) atoms. The van der Waals surface area contributed by atoms with Crippen LogP contribution in [0.5, 0.6) is 0 Å². The Morgan fingerprint density at radius 3 is 2.75 bits per heavy atom. The first-order valence-electron chi connectivity index (χ1n) is 4.75. The fraction of sp³-hybridized carbons (Fsp3) is 1.00. The van der Waals surface area contributed by atoms with E-state index in [4.69, 9.17) is 5.73 Å². The van der Waals surface area contributed by atoms with Crippen LogP contribution >= 0.6 is 0 Å². The van der Waals surface area contributed by atoms with Crippen molar-refractivity contribution in [2.75, 3.05) is 19.6 Å². The van der Waals surface area contributed by atoms with Crippen molar-refractivity contribution < 1.29 is 5.11 Å². The maximum atomic E-state index is 9.22. The Kier molecular flexibility index (Phi) is 3.50. The van der Waals surface area contributed by atoms with E-state index in [1.54, 1.807) is 0 Å². The number of hydrogen-bond acceptors (Lipinski definition) is 3. The first-order chi connectivity index (χ1) is 5.63. The lowest BCUT2D eigenvalue weighted by Gasteiger charge is -2.22. The minimum atomic E-state index is -0.219. The molecule has 3 N–H and O–H groups in total. The van der Waals surface area contributed by atoms with Gasteiger partial charge in [-0.05, 0) is 32.7 Å². The predicted octanol–water partition coefficient (Wildman–Crippen LogP) is 0.0363. The maximum Gasteiger partial charge on any atom is 0.0639 e. The number of nitrogens with two attached hydrogens (primary N) is 1. The van der Waals surface area contributed by atoms with Crippen LogP contribution in [-0.4, -0.2) is 41.8 Å². The Morgan fingerprint density at radius 1 is 1.67 bits per heavy atom. The molecule has 0 saturated carbocycles. The summed E-state index contributed by atoms with van der Waals surface area (Å²) in [6, 6.07) is 0.591. The van der Waals surface area contributed by atoms with Gasteiger partial charge < -0.3 is 10.8 Å². The van der Waals surface area contributed by atoms with E-state index in [9.17, 15) is 5.11 Å². The van der Waals surface area contributed by atoms with E-state index in [0.29, 0.717) is 12.0 Å². The Balaban J connectivity index is 2.35. The van der Waals surface area contributed by atoms with E-state index < -0.39 is 0 Å². The lowest BCUT2D eigenvalue weighted by atomic mass is 10.1. The van der Waals surface area contributed by atoms with Crippen molar-refractivity contribution in [3.05, 3.63) is 0 Å². The van der Waals surface area contributed by atoms with Crippen LogP contribution in [0, 0.1) is 5.92 Å². The highest BCUT2D eigenvalue weighted by molar-refractivity contribution is 4.83. The van der Waals surface area contributed by atoms with Gasteiger partial charge in [-0.15, -0.1) is 0 Å². The molecular weight excluding hydrogens is 152 g/mol. The number of likely N-dealkylation sites (tertiary alicyclic amines) is 1. The van der Waals surface area contributed by atoms with E-state index in [0.717, 1.165) is 19.6 Å². The second-order valence-corrected chi connectivity index (χ2v) is 3.99. The molecule has 0 amide bonds. The number of rotatable bonds is 3. The van der Waals surface area contributed by atoms with Crippen molar-refractivity contribution in [2.24, 2.45) is 11.7 Å². The predicted molar refractivity (Wildman–Crippen MR) is 49.9 cm³/mol. The minimum Gasteiger partial charge on any atom is -0.392 e. The summed E-state index contributed by atoms with van der Waals surface area (Å²) in [4.78, 5) is 2.32. The van der Waals surface area contributed by atoms with Gasteiger partial charge in [0.25, 0.3) is 0 Å². The summed E-state index contributed by atoms with van der Waals surface area (Å²) in [5.74, 6) is 0.638. The van der Waals surface area contributed by atoms with E-state index in [1.165, 1.54) is 6.42 Å². The van der Waals surface area contributed by atoms with Gasteiger partial charge in [0.1, 0.15) is 0 Å². The van der Waals surface area contributed by atoms with Crippen molar-refractivity contribution in [3.63, 3.8) is 0 Å². The Morgan fingerprint density at radius 2 is 2.33 bits per heavy atom. The van der Waals surface area contributed by atoms with Crippen LogP contribution in [0.2, 0.25) is 0 Å². The van der Waals surface area contributed by atoms with E-state index in [2.05, 4.69) is 11.8 Å². The third kappa shape index (κ3) is 2.44. The molecule has 1 heterocycles. The zero-order valence-corrected chi connectivity index (χ0v) is 8.03. The lowest BCUT2D eigenvalue weighted by molar-refractivity contribution is 0.122. The monoisotopic (exact) mass is 172 g/mol. The molecule has 2 unspecified atom stereocenters. The molecule has 3 heteroatoms. The van der Waals surface area contributed by atoms with E-state index in [-0.39, 0.29) is 6.10 Å². The smallest absolute Gasteiger partial charge is 0.0639 e. The van der Waals surface area contributed by atoms with Gasteiger partial charge in [0.2, 0.25) is 0 Å². The maximum absolute atomic E-state index is 9.22. The van der Waals surface area contributed by atoms with E-state index >= 15 is 0 Å². The number of aliphatic hydroxyl groups is 1. The summed E-state index contributed by atoms with van der Waals surface area (Å²) >= 11 is 0. The first-order valence-corrected chi connectivity index (χ1v) is 4.75. The number of hydrogen-bond donors (Lipinski definition) is 2. The summed E-state index contributed by atoms with van der Waals surface area (Å²) < 4.78 is 0. The van der Waals surface area contributed by atoms with Gasteiger partial charge in [-0.25, -0.2) is 0 Å². The van der Waals surface area contributed by atoms with Gasteiger partial charge in [-0.2, -0.15) is 0 Å². The van der Waals surface area contributed by atoms with Gasteiger partial charge in [0.15, 0.2) is 0 Å². The van der Waals surface area contributed by atoms with Crippen molar-refractivity contribution >= 4 is 0 Å². The molecule has 3 nitrogen and oxygen atoms in total. The standard InChI is InChI=1S/C9H20N2O/c1-7-3-9(4-10)6-11(7)5-8(2)12/h7-9,12H,3-6,10H2,1-2H3/t7?,8-,9?/m0/s1. The molecule has 1 rings (SSSR count). The topological polar surface area (TPSA) is 49.5 Å². The summed E-state index contributed by atoms with van der Waals surface area (Å²) in [6.07, 6.45) is 0.965. The summed E-state index contributed by atoms with van der Waals surface area (Å²) in [7, 11) is 0. The van der Waals surface area contributed by atoms with E-state index in [1.807, 2.05) is 6.92 Å². The summed E-state index contributed by atoms with van der Waals surface area (Å²) in [5.41, 5.74) is 5.60. The molecule has 0 radical (unpaired) electrons. The van der Waals surface area contributed by atoms with Gasteiger partial charge in [-0.1, -0.05) is 0 Å². The lowest BCUT2D eigenvalue weighted by Crippen LogP contribution is -2.34. The highest BCUT2D eigenvalue weighted by atomic mass is 16.3. The average Bonchev–Trinajstić information content (AvgIpc) is 2.31. The van der Waals surface area contributed by atoms with Crippen molar-refractivity contribution in [3.8, 4) is 0 Å². The van der Waals surface area contributed by atoms with Gasteiger partial charge in [-0.3, -0.25) is 4.90 Å². The molecule has 0 aromatic rings. The molecule has 1 aliphatic rings. The third-order valence-corrected chi connectivity index (χ3v) is 2.62. The Hall–Kier alpha value is -0.120. The second kappa shape index (κ2) is 4.21. The van der Waals surface area contributed by atoms with Crippen LogP contribution < -0.4 is 5.73 Å².